The number of rotatable bonds is 0. The molecule has 9 unspecified atom stereocenters. The normalized spacial score (nSPS) is 88.5. The van der Waals surface area contributed by atoms with Crippen molar-refractivity contribution in [2.75, 3.05) is 0 Å². The van der Waals surface area contributed by atoms with Crippen molar-refractivity contribution >= 4 is 0 Å². The van der Waals surface area contributed by atoms with Crippen LogP contribution in [0.1, 0.15) is 26.2 Å². The fourth-order valence-electron chi connectivity index (χ4n) is 7.31. The second kappa shape index (κ2) is 1.44. The van der Waals surface area contributed by atoms with E-state index >= 15 is 0 Å². The van der Waals surface area contributed by atoms with E-state index in [-0.39, 0.29) is 0 Å². The fourth-order valence-corrected chi connectivity index (χ4v) is 7.31. The van der Waals surface area contributed by atoms with Gasteiger partial charge in [-0.2, -0.15) is 0 Å². The summed E-state index contributed by atoms with van der Waals surface area (Å²) in [6.45, 7) is 2.52. The lowest BCUT2D eigenvalue weighted by molar-refractivity contribution is -0.292. The molecule has 9 atom stereocenters. The quantitative estimate of drug-likeness (QED) is 0.510. The molecule has 1 spiro atoms. The van der Waals surface area contributed by atoms with E-state index in [0.29, 0.717) is 0 Å². The third kappa shape index (κ3) is 0.354. The highest BCUT2D eigenvalue weighted by atomic mass is 15.0. The van der Waals surface area contributed by atoms with Crippen LogP contribution in [0, 0.1) is 58.7 Å². The minimum absolute atomic E-state index is 0.992. The Kier molecular flexibility index (Phi) is 0.676. The Morgan fingerprint density at radius 1 is 0.857 bits per heavy atom. The van der Waals surface area contributed by atoms with Crippen LogP contribution in [0.5, 0.6) is 0 Å². The molecule has 0 aromatic rings. The van der Waals surface area contributed by atoms with Gasteiger partial charge in [0.25, 0.3) is 0 Å². The second-order valence-corrected chi connectivity index (χ2v) is 7.48. The summed E-state index contributed by atoms with van der Waals surface area (Å²) < 4.78 is 0. The van der Waals surface area contributed by atoms with Crippen molar-refractivity contribution in [2.24, 2.45) is 58.7 Å². The summed E-state index contributed by atoms with van der Waals surface area (Å²) >= 11 is 0. The molecule has 0 bridgehead atoms. The molecule has 0 N–H and O–H groups in total. The van der Waals surface area contributed by atoms with E-state index < -0.39 is 0 Å². The van der Waals surface area contributed by atoms with Crippen molar-refractivity contribution in [1.82, 2.24) is 0 Å². The zero-order valence-electron chi connectivity index (χ0n) is 8.82. The van der Waals surface area contributed by atoms with Gasteiger partial charge in [0.15, 0.2) is 0 Å². The largest absolute Gasteiger partial charge is 0.0619 e. The molecule has 0 heterocycles. The minimum atomic E-state index is 0.992. The number of hydrogen-bond acceptors (Lipinski definition) is 0. The van der Waals surface area contributed by atoms with E-state index in [1.165, 1.54) is 47.3 Å². The van der Waals surface area contributed by atoms with Crippen molar-refractivity contribution in [3.05, 3.63) is 0 Å². The number of fused-ring (bicyclic) bond motifs is 12. The van der Waals surface area contributed by atoms with E-state index in [2.05, 4.69) is 6.92 Å². The molecule has 0 saturated heterocycles. The van der Waals surface area contributed by atoms with Crippen LogP contribution in [0.3, 0.4) is 0 Å². The Morgan fingerprint density at radius 2 is 1.36 bits per heavy atom. The van der Waals surface area contributed by atoms with Crippen molar-refractivity contribution in [3.63, 3.8) is 0 Å². The SMILES string of the molecule is CC1CC12C1C3C4C5CCC5C4C3C12. The Balaban J connectivity index is 1.41. The maximum atomic E-state index is 2.52. The monoisotopic (exact) mass is 186 g/mol. The Hall–Kier alpha value is 0. The van der Waals surface area contributed by atoms with Gasteiger partial charge in [-0.05, 0) is 77.9 Å². The first kappa shape index (κ1) is 6.55. The molecule has 0 amide bonds. The van der Waals surface area contributed by atoms with Crippen molar-refractivity contribution in [3.8, 4) is 0 Å². The highest BCUT2D eigenvalue weighted by Gasteiger charge is 2.93. The van der Waals surface area contributed by atoms with Crippen molar-refractivity contribution in [2.45, 2.75) is 26.2 Å². The molecule has 6 rings (SSSR count). The highest BCUT2D eigenvalue weighted by molar-refractivity contribution is 5.40. The van der Waals surface area contributed by atoms with Crippen molar-refractivity contribution in [1.29, 1.82) is 0 Å². The van der Waals surface area contributed by atoms with Crippen LogP contribution in [0.2, 0.25) is 0 Å². The summed E-state index contributed by atoms with van der Waals surface area (Å²) in [6, 6.07) is 0. The van der Waals surface area contributed by atoms with Gasteiger partial charge in [0.05, 0.1) is 0 Å². The molecular weight excluding hydrogens is 168 g/mol. The molecule has 6 saturated carbocycles. The molecule has 0 aromatic heterocycles. The molecule has 0 radical (unpaired) electrons. The van der Waals surface area contributed by atoms with Gasteiger partial charge in [0.1, 0.15) is 0 Å². The maximum Gasteiger partial charge on any atom is -0.0201 e. The standard InChI is InChI=1S/C14H18/c1-5-4-14(5)12-10-8-6-2-3-7(6)9(8)11(10)13(12)14/h5-13H,2-4H2,1H3. The summed E-state index contributed by atoms with van der Waals surface area (Å²) in [6.07, 6.45) is 4.87. The van der Waals surface area contributed by atoms with Crippen LogP contribution >= 0.6 is 0 Å². The topological polar surface area (TPSA) is 0 Å². The Labute approximate surface area is 85.4 Å². The average Bonchev–Trinajstić information content (AvgIpc) is 2.86. The lowest BCUT2D eigenvalue weighted by Crippen LogP contribution is -2.72. The molecular formula is C14H18. The van der Waals surface area contributed by atoms with E-state index in [4.69, 9.17) is 0 Å². The summed E-state index contributed by atoms with van der Waals surface area (Å²) in [5.74, 6) is 11.4. The molecule has 14 heavy (non-hydrogen) atoms. The number of hydrogen-bond donors (Lipinski definition) is 0. The van der Waals surface area contributed by atoms with Crippen LogP contribution in [-0.2, 0) is 0 Å². The molecule has 74 valence electrons. The predicted molar refractivity (Wildman–Crippen MR) is 53.4 cm³/mol. The van der Waals surface area contributed by atoms with Gasteiger partial charge in [0.2, 0.25) is 0 Å². The van der Waals surface area contributed by atoms with Crippen LogP contribution < -0.4 is 0 Å². The molecule has 6 aliphatic carbocycles. The minimum Gasteiger partial charge on any atom is -0.0619 e. The zero-order valence-corrected chi connectivity index (χ0v) is 8.82. The third-order valence-corrected chi connectivity index (χ3v) is 7.92. The van der Waals surface area contributed by atoms with E-state index in [9.17, 15) is 0 Å². The van der Waals surface area contributed by atoms with Gasteiger partial charge in [-0.3, -0.25) is 0 Å². The summed E-state index contributed by atoms with van der Waals surface area (Å²) in [5.41, 5.74) is 0.992. The van der Waals surface area contributed by atoms with Gasteiger partial charge >= 0.3 is 0 Å². The van der Waals surface area contributed by atoms with Gasteiger partial charge in [-0.15, -0.1) is 0 Å². The Bertz CT molecular complexity index is 334. The van der Waals surface area contributed by atoms with Crippen LogP contribution in [-0.4, -0.2) is 0 Å². The van der Waals surface area contributed by atoms with E-state index in [1.807, 2.05) is 0 Å². The Morgan fingerprint density at radius 3 is 1.71 bits per heavy atom. The first-order chi connectivity index (χ1) is 6.86. The van der Waals surface area contributed by atoms with Crippen LogP contribution in [0.15, 0.2) is 0 Å². The van der Waals surface area contributed by atoms with E-state index in [1.54, 1.807) is 19.3 Å². The molecule has 0 aromatic carbocycles. The maximum absolute atomic E-state index is 2.52. The summed E-state index contributed by atoms with van der Waals surface area (Å²) in [7, 11) is 0. The molecule has 6 aliphatic rings. The first-order valence-electron chi connectivity index (χ1n) is 6.86. The van der Waals surface area contributed by atoms with Gasteiger partial charge < -0.3 is 0 Å². The summed E-state index contributed by atoms with van der Waals surface area (Å²) in [5, 5.41) is 0. The van der Waals surface area contributed by atoms with Crippen LogP contribution in [0.4, 0.5) is 0 Å². The lowest BCUT2D eigenvalue weighted by Gasteiger charge is -2.76. The molecule has 0 aliphatic heterocycles. The average molecular weight is 186 g/mol. The summed E-state index contributed by atoms with van der Waals surface area (Å²) in [4.78, 5) is 0. The third-order valence-electron chi connectivity index (χ3n) is 7.92. The molecule has 0 heteroatoms. The van der Waals surface area contributed by atoms with Gasteiger partial charge in [-0.25, -0.2) is 0 Å². The molecule has 0 nitrogen and oxygen atoms in total. The zero-order chi connectivity index (χ0) is 8.82. The molecule has 6 fully saturated rings. The fraction of sp³-hybridized carbons (Fsp3) is 1.00. The second-order valence-electron chi connectivity index (χ2n) is 7.48. The first-order valence-corrected chi connectivity index (χ1v) is 6.86. The van der Waals surface area contributed by atoms with Gasteiger partial charge in [-0.1, -0.05) is 6.92 Å². The van der Waals surface area contributed by atoms with Gasteiger partial charge in [0, 0.05) is 0 Å². The van der Waals surface area contributed by atoms with E-state index in [0.717, 1.165) is 11.3 Å². The highest BCUT2D eigenvalue weighted by Crippen LogP contribution is 2.97. The van der Waals surface area contributed by atoms with Crippen LogP contribution in [0.25, 0.3) is 0 Å². The lowest BCUT2D eigenvalue weighted by atomic mass is 9.28. The smallest absolute Gasteiger partial charge is 0.0201 e. The van der Waals surface area contributed by atoms with Crippen molar-refractivity contribution < 1.29 is 0 Å². The predicted octanol–water partition coefficient (Wildman–Crippen LogP) is 2.79.